The summed E-state index contributed by atoms with van der Waals surface area (Å²) in [6.07, 6.45) is 3.44. The molecule has 2 aliphatic rings. The Kier molecular flexibility index (Phi) is 4.84. The van der Waals surface area contributed by atoms with Crippen LogP contribution in [0, 0.1) is 5.41 Å². The van der Waals surface area contributed by atoms with Crippen LogP contribution in [0.3, 0.4) is 0 Å². The lowest BCUT2D eigenvalue weighted by Gasteiger charge is -2.48. The number of carbonyl (C=O) groups excluding carboxylic acids is 2. The fourth-order valence-electron chi connectivity index (χ4n) is 4.08. The number of rotatable bonds is 3. The lowest BCUT2D eigenvalue weighted by molar-refractivity contribution is -0.124. The van der Waals surface area contributed by atoms with Gasteiger partial charge in [0.2, 0.25) is 0 Å². The third kappa shape index (κ3) is 3.73. The van der Waals surface area contributed by atoms with Gasteiger partial charge in [0.25, 0.3) is 11.8 Å². The van der Waals surface area contributed by atoms with Crippen molar-refractivity contribution in [1.29, 1.82) is 0 Å². The molecule has 1 saturated heterocycles. The summed E-state index contributed by atoms with van der Waals surface area (Å²) < 4.78 is 4.79. The molecule has 7 heteroatoms. The molecule has 0 saturated carbocycles. The van der Waals surface area contributed by atoms with Crippen molar-refractivity contribution in [1.82, 2.24) is 10.1 Å². The van der Waals surface area contributed by atoms with Gasteiger partial charge in [-0.3, -0.25) is 9.59 Å². The highest BCUT2D eigenvalue weighted by atomic mass is 16.5. The zero-order valence-corrected chi connectivity index (χ0v) is 17.3. The second-order valence-electron chi connectivity index (χ2n) is 9.17. The van der Waals surface area contributed by atoms with Gasteiger partial charge in [0, 0.05) is 25.7 Å². The van der Waals surface area contributed by atoms with E-state index in [1.165, 1.54) is 6.26 Å². The number of likely N-dealkylation sites (tertiary alicyclic amines) is 1. The number of nitrogens with zero attached hydrogens (tertiary/aromatic N) is 3. The summed E-state index contributed by atoms with van der Waals surface area (Å²) in [4.78, 5) is 29.9. The van der Waals surface area contributed by atoms with Gasteiger partial charge in [0.1, 0.15) is 11.8 Å². The number of para-hydroxylation sites is 2. The van der Waals surface area contributed by atoms with Gasteiger partial charge in [0.15, 0.2) is 5.69 Å². The first-order chi connectivity index (χ1) is 13.8. The fourth-order valence-corrected chi connectivity index (χ4v) is 4.08. The summed E-state index contributed by atoms with van der Waals surface area (Å²) in [5.41, 5.74) is 1.69. The smallest absolute Gasteiger partial charge is 0.276 e. The van der Waals surface area contributed by atoms with Crippen molar-refractivity contribution < 1.29 is 14.1 Å². The molecular formula is C22H28N4O3. The number of aromatic nitrogens is 1. The van der Waals surface area contributed by atoms with E-state index in [2.05, 4.69) is 31.2 Å². The first kappa shape index (κ1) is 19.5. The van der Waals surface area contributed by atoms with E-state index in [4.69, 9.17) is 4.52 Å². The summed E-state index contributed by atoms with van der Waals surface area (Å²) >= 11 is 0. The molecule has 2 aliphatic heterocycles. The first-order valence-corrected chi connectivity index (χ1v) is 10.2. The Hall–Kier alpha value is -2.83. The van der Waals surface area contributed by atoms with E-state index >= 15 is 0 Å². The summed E-state index contributed by atoms with van der Waals surface area (Å²) in [6.45, 7) is 8.25. The molecule has 1 N–H and O–H groups in total. The van der Waals surface area contributed by atoms with Crippen molar-refractivity contribution >= 4 is 23.2 Å². The van der Waals surface area contributed by atoms with Crippen LogP contribution in [0.1, 0.15) is 50.5 Å². The molecule has 29 heavy (non-hydrogen) atoms. The van der Waals surface area contributed by atoms with Crippen molar-refractivity contribution in [3.63, 3.8) is 0 Å². The molecule has 0 unspecified atom stereocenters. The minimum atomic E-state index is -0.674. The Morgan fingerprint density at radius 2 is 1.93 bits per heavy atom. The maximum atomic E-state index is 13.6. The van der Waals surface area contributed by atoms with E-state index in [0.717, 1.165) is 17.8 Å². The lowest BCUT2D eigenvalue weighted by atomic mass is 9.82. The first-order valence-electron chi connectivity index (χ1n) is 10.2. The van der Waals surface area contributed by atoms with Crippen LogP contribution in [-0.2, 0) is 4.79 Å². The van der Waals surface area contributed by atoms with Gasteiger partial charge in [-0.05, 0) is 36.8 Å². The van der Waals surface area contributed by atoms with E-state index in [9.17, 15) is 9.59 Å². The highest BCUT2D eigenvalue weighted by Crippen LogP contribution is 2.40. The van der Waals surface area contributed by atoms with Gasteiger partial charge < -0.3 is 19.6 Å². The summed E-state index contributed by atoms with van der Waals surface area (Å²) in [5.74, 6) is -0.0455. The molecule has 1 fully saturated rings. The number of benzene rings is 1. The van der Waals surface area contributed by atoms with E-state index < -0.39 is 5.54 Å². The minimum absolute atomic E-state index is 0.106. The van der Waals surface area contributed by atoms with Crippen LogP contribution in [0.4, 0.5) is 11.4 Å². The van der Waals surface area contributed by atoms with E-state index in [1.807, 2.05) is 29.2 Å². The van der Waals surface area contributed by atoms with Gasteiger partial charge in [-0.2, -0.15) is 0 Å². The number of hydrogen-bond acceptors (Lipinski definition) is 5. The molecule has 0 radical (unpaired) electrons. The Labute approximate surface area is 171 Å². The van der Waals surface area contributed by atoms with Crippen molar-refractivity contribution in [3.05, 3.63) is 42.3 Å². The molecule has 3 heterocycles. The van der Waals surface area contributed by atoms with Crippen LogP contribution >= 0.6 is 0 Å². The molecule has 2 amide bonds. The van der Waals surface area contributed by atoms with Crippen LogP contribution in [0.25, 0.3) is 0 Å². The summed E-state index contributed by atoms with van der Waals surface area (Å²) in [5, 5.41) is 7.26. The normalized spacial score (nSPS) is 18.5. The SMILES string of the molecule is CC(C)(C)CCN1C(=O)C2(CCN(C(=O)c3ccon3)CC2)Nc2ccccc21. The molecule has 0 bridgehead atoms. The molecule has 0 aliphatic carbocycles. The quantitative estimate of drug-likeness (QED) is 0.858. The summed E-state index contributed by atoms with van der Waals surface area (Å²) in [6, 6.07) is 9.55. The third-order valence-corrected chi connectivity index (χ3v) is 5.87. The number of nitrogens with one attached hydrogen (secondary N) is 1. The topological polar surface area (TPSA) is 78.7 Å². The zero-order valence-electron chi connectivity index (χ0n) is 17.3. The Morgan fingerprint density at radius 1 is 1.21 bits per heavy atom. The van der Waals surface area contributed by atoms with Gasteiger partial charge in [-0.25, -0.2) is 0 Å². The Bertz CT molecular complexity index is 893. The molecule has 0 atom stereocenters. The van der Waals surface area contributed by atoms with Crippen molar-refractivity contribution in [2.24, 2.45) is 5.41 Å². The lowest BCUT2D eigenvalue weighted by Crippen LogP contribution is -2.62. The molecule has 7 nitrogen and oxygen atoms in total. The Balaban J connectivity index is 1.55. The van der Waals surface area contributed by atoms with E-state index in [0.29, 0.717) is 38.2 Å². The van der Waals surface area contributed by atoms with Crippen LogP contribution in [0.5, 0.6) is 0 Å². The van der Waals surface area contributed by atoms with Crippen LogP contribution in [0.15, 0.2) is 41.1 Å². The Morgan fingerprint density at radius 3 is 2.59 bits per heavy atom. The predicted molar refractivity (Wildman–Crippen MR) is 111 cm³/mol. The van der Waals surface area contributed by atoms with Gasteiger partial charge in [-0.1, -0.05) is 38.1 Å². The maximum Gasteiger partial charge on any atom is 0.276 e. The van der Waals surface area contributed by atoms with Crippen molar-refractivity contribution in [2.75, 3.05) is 29.9 Å². The molecule has 154 valence electrons. The number of fused-ring (bicyclic) bond motifs is 1. The number of carbonyl (C=O) groups is 2. The largest absolute Gasteiger partial charge is 0.369 e. The standard InChI is InChI=1S/C22H28N4O3/c1-21(2,3)9-14-26-18-7-5-4-6-16(18)23-22(20(26)28)10-12-25(13-11-22)19(27)17-8-15-29-24-17/h4-8,15,23H,9-14H2,1-3H3. The van der Waals surface area contributed by atoms with Gasteiger partial charge >= 0.3 is 0 Å². The van der Waals surface area contributed by atoms with Crippen LogP contribution < -0.4 is 10.2 Å². The van der Waals surface area contributed by atoms with Gasteiger partial charge in [0.05, 0.1) is 11.4 Å². The fraction of sp³-hybridized carbons (Fsp3) is 0.500. The molecule has 1 aromatic carbocycles. The average molecular weight is 396 g/mol. The average Bonchev–Trinajstić information content (AvgIpc) is 3.22. The van der Waals surface area contributed by atoms with Crippen LogP contribution in [-0.4, -0.2) is 47.0 Å². The minimum Gasteiger partial charge on any atom is -0.369 e. The zero-order chi connectivity index (χ0) is 20.6. The number of piperidine rings is 1. The summed E-state index contributed by atoms with van der Waals surface area (Å²) in [7, 11) is 0. The molecule has 1 spiro atoms. The van der Waals surface area contributed by atoms with Gasteiger partial charge in [-0.15, -0.1) is 0 Å². The maximum absolute atomic E-state index is 13.6. The molecular weight excluding hydrogens is 368 g/mol. The highest BCUT2D eigenvalue weighted by molar-refractivity contribution is 6.08. The second kappa shape index (κ2) is 7.21. The number of hydrogen-bond donors (Lipinski definition) is 1. The van der Waals surface area contributed by atoms with Crippen LogP contribution in [0.2, 0.25) is 0 Å². The highest BCUT2D eigenvalue weighted by Gasteiger charge is 2.48. The van der Waals surface area contributed by atoms with Crippen molar-refractivity contribution in [3.8, 4) is 0 Å². The third-order valence-electron chi connectivity index (χ3n) is 5.87. The molecule has 2 aromatic rings. The predicted octanol–water partition coefficient (Wildman–Crippen LogP) is 3.54. The van der Waals surface area contributed by atoms with E-state index in [-0.39, 0.29) is 17.2 Å². The number of amides is 2. The monoisotopic (exact) mass is 396 g/mol. The van der Waals surface area contributed by atoms with Crippen molar-refractivity contribution in [2.45, 2.75) is 45.6 Å². The second-order valence-corrected chi connectivity index (χ2v) is 9.17. The van der Waals surface area contributed by atoms with E-state index in [1.54, 1.807) is 11.0 Å². The molecule has 4 rings (SSSR count). The number of anilines is 2. The molecule has 1 aromatic heterocycles.